The third kappa shape index (κ3) is 7.03. The first kappa shape index (κ1) is 20.3. The number of hydrogen-bond donors (Lipinski definition) is 1. The molecular formula is C21H23FN2O3. The molecule has 27 heavy (non-hydrogen) atoms. The van der Waals surface area contributed by atoms with Crippen LogP contribution in [0, 0.1) is 5.82 Å². The average Bonchev–Trinajstić information content (AvgIpc) is 2.63. The van der Waals surface area contributed by atoms with Gasteiger partial charge in [0, 0.05) is 23.9 Å². The highest BCUT2D eigenvalue weighted by Crippen LogP contribution is 2.12. The van der Waals surface area contributed by atoms with E-state index in [1.54, 1.807) is 67.4 Å². The van der Waals surface area contributed by atoms with E-state index in [0.717, 1.165) is 5.56 Å². The SMILES string of the molecule is CCOC(=O)/C=C/c1ccc(NC(=O)CN(C)Cc2ccccc2F)cc1. The van der Waals surface area contributed by atoms with Crippen LogP contribution in [-0.2, 0) is 20.9 Å². The molecule has 0 heterocycles. The molecule has 0 atom stereocenters. The van der Waals surface area contributed by atoms with Crippen LogP contribution in [0.4, 0.5) is 10.1 Å². The quantitative estimate of drug-likeness (QED) is 0.571. The van der Waals surface area contributed by atoms with Crippen LogP contribution >= 0.6 is 0 Å². The minimum atomic E-state index is -0.396. The van der Waals surface area contributed by atoms with Crippen molar-refractivity contribution in [1.82, 2.24) is 4.90 Å². The number of halogens is 1. The zero-order valence-corrected chi connectivity index (χ0v) is 15.4. The van der Waals surface area contributed by atoms with Crippen LogP contribution in [0.1, 0.15) is 18.1 Å². The van der Waals surface area contributed by atoms with E-state index in [-0.39, 0.29) is 18.3 Å². The summed E-state index contributed by atoms with van der Waals surface area (Å²) in [5, 5.41) is 2.80. The number of esters is 1. The van der Waals surface area contributed by atoms with E-state index >= 15 is 0 Å². The highest BCUT2D eigenvalue weighted by atomic mass is 19.1. The van der Waals surface area contributed by atoms with Crippen LogP contribution in [0.15, 0.2) is 54.6 Å². The number of nitrogens with one attached hydrogen (secondary N) is 1. The molecular weight excluding hydrogens is 347 g/mol. The lowest BCUT2D eigenvalue weighted by atomic mass is 10.2. The summed E-state index contributed by atoms with van der Waals surface area (Å²) in [6.45, 7) is 2.56. The zero-order chi connectivity index (χ0) is 19.6. The van der Waals surface area contributed by atoms with Crippen LogP contribution in [-0.4, -0.2) is 37.0 Å². The molecule has 142 valence electrons. The first-order valence-electron chi connectivity index (χ1n) is 8.64. The summed E-state index contributed by atoms with van der Waals surface area (Å²) in [6.07, 6.45) is 3.00. The molecule has 0 saturated heterocycles. The maximum atomic E-state index is 13.7. The van der Waals surface area contributed by atoms with Crippen molar-refractivity contribution in [3.05, 3.63) is 71.6 Å². The molecule has 1 N–H and O–H groups in total. The Bertz CT molecular complexity index is 803. The number of carbonyl (C=O) groups excluding carboxylic acids is 2. The maximum absolute atomic E-state index is 13.7. The van der Waals surface area contributed by atoms with E-state index in [9.17, 15) is 14.0 Å². The minimum Gasteiger partial charge on any atom is -0.463 e. The van der Waals surface area contributed by atoms with E-state index < -0.39 is 5.97 Å². The molecule has 5 nitrogen and oxygen atoms in total. The third-order valence-electron chi connectivity index (χ3n) is 3.70. The molecule has 0 aliphatic rings. The van der Waals surface area contributed by atoms with Gasteiger partial charge < -0.3 is 10.1 Å². The Morgan fingerprint density at radius 2 is 1.85 bits per heavy atom. The highest BCUT2D eigenvalue weighted by Gasteiger charge is 2.09. The first-order valence-corrected chi connectivity index (χ1v) is 8.64. The second kappa shape index (κ2) is 10.2. The van der Waals surface area contributed by atoms with Gasteiger partial charge in [-0.05, 0) is 43.8 Å². The number of hydrogen-bond acceptors (Lipinski definition) is 4. The van der Waals surface area contributed by atoms with Crippen molar-refractivity contribution in [1.29, 1.82) is 0 Å². The Kier molecular flexibility index (Phi) is 7.70. The number of benzene rings is 2. The van der Waals surface area contributed by atoms with Crippen LogP contribution in [0.2, 0.25) is 0 Å². The number of rotatable bonds is 8. The highest BCUT2D eigenvalue weighted by molar-refractivity contribution is 5.92. The van der Waals surface area contributed by atoms with Crippen LogP contribution in [0.25, 0.3) is 6.08 Å². The van der Waals surface area contributed by atoms with Gasteiger partial charge >= 0.3 is 5.97 Å². The van der Waals surface area contributed by atoms with Crippen LogP contribution in [0.5, 0.6) is 0 Å². The van der Waals surface area contributed by atoms with Crippen molar-refractivity contribution >= 4 is 23.6 Å². The normalized spacial score (nSPS) is 11.0. The average molecular weight is 370 g/mol. The fourth-order valence-corrected chi connectivity index (χ4v) is 2.45. The van der Waals surface area contributed by atoms with Gasteiger partial charge in [0.05, 0.1) is 13.2 Å². The number of anilines is 1. The Morgan fingerprint density at radius 1 is 1.15 bits per heavy atom. The number of nitrogens with zero attached hydrogens (tertiary/aromatic N) is 1. The van der Waals surface area contributed by atoms with Crippen molar-refractivity contribution in [3.8, 4) is 0 Å². The summed E-state index contributed by atoms with van der Waals surface area (Å²) in [4.78, 5) is 25.2. The van der Waals surface area contributed by atoms with Crippen molar-refractivity contribution in [2.75, 3.05) is 25.5 Å². The van der Waals surface area contributed by atoms with E-state index in [0.29, 0.717) is 24.4 Å². The van der Waals surface area contributed by atoms with Crippen LogP contribution < -0.4 is 5.32 Å². The van der Waals surface area contributed by atoms with E-state index in [1.165, 1.54) is 12.1 Å². The van der Waals surface area contributed by atoms with Gasteiger partial charge in [-0.25, -0.2) is 9.18 Å². The smallest absolute Gasteiger partial charge is 0.330 e. The van der Waals surface area contributed by atoms with Crippen molar-refractivity contribution < 1.29 is 18.7 Å². The second-order valence-corrected chi connectivity index (χ2v) is 6.02. The van der Waals surface area contributed by atoms with Gasteiger partial charge in [-0.1, -0.05) is 30.3 Å². The molecule has 0 aromatic heterocycles. The standard InChI is InChI=1S/C21H23FN2O3/c1-3-27-21(26)13-10-16-8-11-18(12-9-16)23-20(25)15-24(2)14-17-6-4-5-7-19(17)22/h4-13H,3,14-15H2,1-2H3,(H,23,25)/b13-10+. The minimum absolute atomic E-state index is 0.138. The number of likely N-dealkylation sites (N-methyl/N-ethyl adjacent to an activating group) is 1. The first-order chi connectivity index (χ1) is 13.0. The summed E-state index contributed by atoms with van der Waals surface area (Å²) >= 11 is 0. The monoisotopic (exact) mass is 370 g/mol. The summed E-state index contributed by atoms with van der Waals surface area (Å²) in [5.41, 5.74) is 2.01. The Labute approximate surface area is 158 Å². The predicted molar refractivity (Wildman–Crippen MR) is 103 cm³/mol. The second-order valence-electron chi connectivity index (χ2n) is 6.02. The Hall–Kier alpha value is -2.99. The summed E-state index contributed by atoms with van der Waals surface area (Å²) in [5.74, 6) is -0.868. The lowest BCUT2D eigenvalue weighted by molar-refractivity contribution is -0.137. The van der Waals surface area contributed by atoms with Gasteiger partial charge in [-0.15, -0.1) is 0 Å². The predicted octanol–water partition coefficient (Wildman–Crippen LogP) is 3.47. The van der Waals surface area contributed by atoms with Gasteiger partial charge in [0.25, 0.3) is 0 Å². The lowest BCUT2D eigenvalue weighted by Crippen LogP contribution is -2.30. The Balaban J connectivity index is 1.84. The molecule has 0 saturated carbocycles. The fraction of sp³-hybridized carbons (Fsp3) is 0.238. The molecule has 0 radical (unpaired) electrons. The van der Waals surface area contributed by atoms with Gasteiger partial charge in [0.1, 0.15) is 5.82 Å². The third-order valence-corrected chi connectivity index (χ3v) is 3.70. The molecule has 2 rings (SSSR count). The van der Waals surface area contributed by atoms with E-state index in [1.807, 2.05) is 0 Å². The molecule has 1 amide bonds. The maximum Gasteiger partial charge on any atom is 0.330 e. The van der Waals surface area contributed by atoms with Gasteiger partial charge in [-0.3, -0.25) is 9.69 Å². The molecule has 0 fully saturated rings. The lowest BCUT2D eigenvalue weighted by Gasteiger charge is -2.16. The summed E-state index contributed by atoms with van der Waals surface area (Å²) in [7, 11) is 1.76. The van der Waals surface area contributed by atoms with Crippen LogP contribution in [0.3, 0.4) is 0 Å². The van der Waals surface area contributed by atoms with Gasteiger partial charge in [0.2, 0.25) is 5.91 Å². The molecule has 2 aromatic carbocycles. The van der Waals surface area contributed by atoms with E-state index in [2.05, 4.69) is 5.32 Å². The Morgan fingerprint density at radius 3 is 2.52 bits per heavy atom. The van der Waals surface area contributed by atoms with Gasteiger partial charge in [0.15, 0.2) is 0 Å². The number of carbonyl (C=O) groups is 2. The summed E-state index contributed by atoms with van der Waals surface area (Å²) in [6, 6.07) is 13.6. The molecule has 0 aliphatic heterocycles. The van der Waals surface area contributed by atoms with E-state index in [4.69, 9.17) is 4.74 Å². The summed E-state index contributed by atoms with van der Waals surface area (Å²) < 4.78 is 18.5. The number of amides is 1. The molecule has 0 aliphatic carbocycles. The molecule has 2 aromatic rings. The molecule has 0 spiro atoms. The molecule has 0 bridgehead atoms. The zero-order valence-electron chi connectivity index (χ0n) is 15.4. The fourth-order valence-electron chi connectivity index (χ4n) is 2.45. The number of ether oxygens (including phenoxy) is 1. The molecule has 6 heteroatoms. The topological polar surface area (TPSA) is 58.6 Å². The largest absolute Gasteiger partial charge is 0.463 e. The van der Waals surface area contributed by atoms with Gasteiger partial charge in [-0.2, -0.15) is 0 Å². The van der Waals surface area contributed by atoms with Crippen molar-refractivity contribution in [3.63, 3.8) is 0 Å². The molecule has 0 unspecified atom stereocenters. The van der Waals surface area contributed by atoms with Crippen molar-refractivity contribution in [2.24, 2.45) is 0 Å². The van der Waals surface area contributed by atoms with Crippen molar-refractivity contribution in [2.45, 2.75) is 13.5 Å².